The molecule has 0 unspecified atom stereocenters. The molecule has 0 saturated carbocycles. The van der Waals surface area contributed by atoms with Gasteiger partial charge in [-0.2, -0.15) is 5.10 Å². The van der Waals surface area contributed by atoms with Gasteiger partial charge in [-0.1, -0.05) is 0 Å². The van der Waals surface area contributed by atoms with Crippen LogP contribution in [0.25, 0.3) is 11.4 Å². The fourth-order valence-electron chi connectivity index (χ4n) is 2.58. The minimum atomic E-state index is -0.162. The van der Waals surface area contributed by atoms with Gasteiger partial charge < -0.3 is 9.67 Å². The van der Waals surface area contributed by atoms with Crippen LogP contribution in [-0.4, -0.2) is 48.5 Å². The van der Waals surface area contributed by atoms with Crippen molar-refractivity contribution in [1.29, 1.82) is 0 Å². The fraction of sp³-hybridized carbons (Fsp3) is 0.500. The van der Waals surface area contributed by atoms with Crippen LogP contribution in [-0.2, 0) is 13.7 Å². The van der Waals surface area contributed by atoms with Crippen molar-refractivity contribution in [2.45, 2.75) is 25.6 Å². The lowest BCUT2D eigenvalue weighted by molar-refractivity contribution is 0.0650. The molecule has 0 aliphatic carbocycles. The Kier molecular flexibility index (Phi) is 4.14. The maximum absolute atomic E-state index is 9.56. The highest BCUT2D eigenvalue weighted by atomic mass is 32.1. The van der Waals surface area contributed by atoms with Gasteiger partial charge in [-0.15, -0.1) is 0 Å². The van der Waals surface area contributed by atoms with Crippen LogP contribution >= 0.6 is 12.2 Å². The Labute approximate surface area is 128 Å². The molecule has 6 nitrogen and oxygen atoms in total. The zero-order chi connectivity index (χ0) is 14.8. The van der Waals surface area contributed by atoms with Gasteiger partial charge >= 0.3 is 0 Å². The smallest absolute Gasteiger partial charge is 0.199 e. The third kappa shape index (κ3) is 3.04. The molecule has 1 fully saturated rings. The predicted molar refractivity (Wildman–Crippen MR) is 82.1 cm³/mol. The fourth-order valence-corrected chi connectivity index (χ4v) is 2.77. The van der Waals surface area contributed by atoms with E-state index in [9.17, 15) is 5.11 Å². The van der Waals surface area contributed by atoms with Crippen molar-refractivity contribution in [1.82, 2.24) is 24.2 Å². The molecular formula is C14H19N5OS. The maximum atomic E-state index is 9.56. The zero-order valence-corrected chi connectivity index (χ0v) is 12.8. The van der Waals surface area contributed by atoms with Gasteiger partial charge in [0.05, 0.1) is 12.8 Å². The van der Waals surface area contributed by atoms with Gasteiger partial charge in [0.1, 0.15) is 0 Å². The minimum absolute atomic E-state index is 0.162. The molecule has 3 heterocycles. The third-order valence-corrected chi connectivity index (χ3v) is 4.36. The second kappa shape index (κ2) is 6.05. The molecule has 1 N–H and O–H groups in total. The molecule has 0 atom stereocenters. The molecule has 1 saturated heterocycles. The van der Waals surface area contributed by atoms with Crippen molar-refractivity contribution < 1.29 is 5.11 Å². The molecule has 2 aromatic rings. The van der Waals surface area contributed by atoms with Crippen LogP contribution in [0, 0.1) is 4.77 Å². The summed E-state index contributed by atoms with van der Waals surface area (Å²) in [6.45, 7) is 2.43. The lowest BCUT2D eigenvalue weighted by atomic mass is 10.1. The van der Waals surface area contributed by atoms with Gasteiger partial charge in [0.15, 0.2) is 10.6 Å². The number of pyridine rings is 1. The number of hydrogen-bond acceptors (Lipinski definition) is 5. The van der Waals surface area contributed by atoms with E-state index in [0.29, 0.717) is 11.4 Å². The molecule has 0 bridgehead atoms. The average Bonchev–Trinajstić information content (AvgIpc) is 2.79. The van der Waals surface area contributed by atoms with Crippen molar-refractivity contribution in [3.63, 3.8) is 0 Å². The standard InChI is InChI=1S/C14H19N5OS/c1-17-13(11-2-6-15-7-3-11)16-19(14(17)21)10-18-8-4-12(20)5-9-18/h2-3,6-7,12,20H,4-5,8-10H2,1H3. The van der Waals surface area contributed by atoms with E-state index in [-0.39, 0.29) is 6.10 Å². The normalized spacial score (nSPS) is 17.2. The van der Waals surface area contributed by atoms with Gasteiger partial charge in [-0.25, -0.2) is 4.68 Å². The lowest BCUT2D eigenvalue weighted by Gasteiger charge is -2.28. The van der Waals surface area contributed by atoms with Gasteiger partial charge in [0.2, 0.25) is 0 Å². The van der Waals surface area contributed by atoms with Gasteiger partial charge in [0.25, 0.3) is 0 Å². The zero-order valence-electron chi connectivity index (χ0n) is 12.0. The third-order valence-electron chi connectivity index (χ3n) is 3.87. The highest BCUT2D eigenvalue weighted by Gasteiger charge is 2.18. The summed E-state index contributed by atoms with van der Waals surface area (Å²) in [6, 6.07) is 3.86. The molecule has 1 aliphatic heterocycles. The average molecular weight is 305 g/mol. The van der Waals surface area contributed by atoms with Crippen LogP contribution in [0.4, 0.5) is 0 Å². The Morgan fingerprint density at radius 1 is 1.29 bits per heavy atom. The van der Waals surface area contributed by atoms with Crippen LogP contribution in [0.5, 0.6) is 0 Å². The molecule has 21 heavy (non-hydrogen) atoms. The molecule has 0 radical (unpaired) electrons. The van der Waals surface area contributed by atoms with Crippen LogP contribution in [0.2, 0.25) is 0 Å². The first-order valence-electron chi connectivity index (χ1n) is 7.10. The highest BCUT2D eigenvalue weighted by Crippen LogP contribution is 2.17. The molecule has 7 heteroatoms. The number of nitrogens with zero attached hydrogens (tertiary/aromatic N) is 5. The molecule has 112 valence electrons. The van der Waals surface area contributed by atoms with Crippen LogP contribution in [0.3, 0.4) is 0 Å². The summed E-state index contributed by atoms with van der Waals surface area (Å²) in [6.07, 6.45) is 4.98. The van der Waals surface area contributed by atoms with Crippen molar-refractivity contribution in [2.75, 3.05) is 13.1 Å². The van der Waals surface area contributed by atoms with Crippen LogP contribution < -0.4 is 0 Å². The quantitative estimate of drug-likeness (QED) is 0.869. The van der Waals surface area contributed by atoms with E-state index in [1.807, 2.05) is 28.4 Å². The van der Waals surface area contributed by atoms with Crippen molar-refractivity contribution in [3.05, 3.63) is 29.3 Å². The summed E-state index contributed by atoms with van der Waals surface area (Å²) in [5.41, 5.74) is 1.01. The van der Waals surface area contributed by atoms with E-state index in [4.69, 9.17) is 12.2 Å². The van der Waals surface area contributed by atoms with Gasteiger partial charge in [-0.3, -0.25) is 9.88 Å². The number of aliphatic hydroxyl groups excluding tert-OH is 1. The van der Waals surface area contributed by atoms with E-state index < -0.39 is 0 Å². The number of rotatable bonds is 3. The second-order valence-electron chi connectivity index (χ2n) is 5.39. The van der Waals surface area contributed by atoms with Crippen LogP contribution in [0.1, 0.15) is 12.8 Å². The second-order valence-corrected chi connectivity index (χ2v) is 5.76. The van der Waals surface area contributed by atoms with Gasteiger partial charge in [0, 0.05) is 38.1 Å². The summed E-state index contributed by atoms with van der Waals surface area (Å²) in [5.74, 6) is 0.847. The van der Waals surface area contributed by atoms with Crippen molar-refractivity contribution >= 4 is 12.2 Å². The first kappa shape index (κ1) is 14.4. The first-order chi connectivity index (χ1) is 10.1. The number of hydrogen-bond donors (Lipinski definition) is 1. The predicted octanol–water partition coefficient (Wildman–Crippen LogP) is 1.43. The van der Waals surface area contributed by atoms with Crippen molar-refractivity contribution in [3.8, 4) is 11.4 Å². The molecule has 1 aliphatic rings. The number of piperidine rings is 1. The molecular weight excluding hydrogens is 286 g/mol. The van der Waals surface area contributed by atoms with E-state index in [0.717, 1.165) is 37.3 Å². The molecule has 0 amide bonds. The van der Waals surface area contributed by atoms with E-state index in [1.165, 1.54) is 0 Å². The van der Waals surface area contributed by atoms with Crippen LogP contribution in [0.15, 0.2) is 24.5 Å². The lowest BCUT2D eigenvalue weighted by Crippen LogP contribution is -2.37. The molecule has 0 spiro atoms. The van der Waals surface area contributed by atoms with Gasteiger partial charge in [-0.05, 0) is 37.2 Å². The molecule has 3 rings (SSSR count). The Bertz CT molecular complexity index is 658. The Balaban J connectivity index is 1.83. The molecule has 0 aromatic carbocycles. The topological polar surface area (TPSA) is 59.1 Å². The summed E-state index contributed by atoms with van der Waals surface area (Å²) >= 11 is 5.48. The molecule has 2 aromatic heterocycles. The number of aliphatic hydroxyl groups is 1. The Morgan fingerprint density at radius 2 is 1.95 bits per heavy atom. The van der Waals surface area contributed by atoms with Crippen molar-refractivity contribution in [2.24, 2.45) is 7.05 Å². The minimum Gasteiger partial charge on any atom is -0.393 e. The number of aromatic nitrogens is 4. The summed E-state index contributed by atoms with van der Waals surface area (Å²) in [5, 5.41) is 14.2. The summed E-state index contributed by atoms with van der Waals surface area (Å²) in [7, 11) is 1.93. The van der Waals surface area contributed by atoms with E-state index in [1.54, 1.807) is 12.4 Å². The number of likely N-dealkylation sites (tertiary alicyclic amines) is 1. The largest absolute Gasteiger partial charge is 0.393 e. The SMILES string of the molecule is Cn1c(-c2ccncc2)nn(CN2CCC(O)CC2)c1=S. The summed E-state index contributed by atoms with van der Waals surface area (Å²) in [4.78, 5) is 6.30. The Morgan fingerprint density at radius 3 is 2.62 bits per heavy atom. The highest BCUT2D eigenvalue weighted by molar-refractivity contribution is 7.71. The first-order valence-corrected chi connectivity index (χ1v) is 7.50. The maximum Gasteiger partial charge on any atom is 0.199 e. The van der Waals surface area contributed by atoms with E-state index in [2.05, 4.69) is 15.0 Å². The Hall–Kier alpha value is -1.57. The summed E-state index contributed by atoms with van der Waals surface area (Å²) < 4.78 is 4.47. The van der Waals surface area contributed by atoms with E-state index >= 15 is 0 Å². The monoisotopic (exact) mass is 305 g/mol.